The van der Waals surface area contributed by atoms with E-state index in [1.165, 1.54) is 0 Å². The summed E-state index contributed by atoms with van der Waals surface area (Å²) >= 11 is 0. The first-order valence-electron chi connectivity index (χ1n) is 7.00. The largest absolute Gasteiger partial charge is 0.490 e. The lowest BCUT2D eigenvalue weighted by molar-refractivity contribution is -0.121. The maximum absolute atomic E-state index is 11.2. The molecule has 0 atom stereocenters. The molecule has 0 amide bonds. The standard InChI is InChI=1S/C17H17NO2/c19-15-5-9-17(10-6-15)20-16-7-3-13(4-8-16)14-2-1-11-18-12-14/h1-4,7-8,11-12,17H,5-6,9-10H2. The average molecular weight is 267 g/mol. The van der Waals surface area contributed by atoms with Gasteiger partial charge in [-0.15, -0.1) is 0 Å². The molecule has 1 saturated carbocycles. The van der Waals surface area contributed by atoms with E-state index < -0.39 is 0 Å². The van der Waals surface area contributed by atoms with Gasteiger partial charge in [-0.1, -0.05) is 18.2 Å². The smallest absolute Gasteiger partial charge is 0.133 e. The number of hydrogen-bond acceptors (Lipinski definition) is 3. The first kappa shape index (κ1) is 12.9. The first-order valence-corrected chi connectivity index (χ1v) is 7.00. The number of nitrogens with zero attached hydrogens (tertiary/aromatic N) is 1. The Bertz CT molecular complexity index is 568. The van der Waals surface area contributed by atoms with Gasteiger partial charge in [0.05, 0.1) is 6.10 Å². The summed E-state index contributed by atoms with van der Waals surface area (Å²) in [6.45, 7) is 0. The fourth-order valence-electron chi connectivity index (χ4n) is 2.48. The number of ketones is 1. The van der Waals surface area contributed by atoms with Crippen LogP contribution in [0, 0.1) is 0 Å². The van der Waals surface area contributed by atoms with Crippen molar-refractivity contribution in [3.05, 3.63) is 48.8 Å². The Hall–Kier alpha value is -2.16. The highest BCUT2D eigenvalue weighted by atomic mass is 16.5. The molecule has 1 aromatic carbocycles. The number of carbonyl (C=O) groups is 1. The Morgan fingerprint density at radius 3 is 2.40 bits per heavy atom. The van der Waals surface area contributed by atoms with Crippen LogP contribution in [0.3, 0.4) is 0 Å². The number of carbonyl (C=O) groups excluding carboxylic acids is 1. The van der Waals surface area contributed by atoms with Crippen LogP contribution in [0.25, 0.3) is 11.1 Å². The number of ether oxygens (including phenoxy) is 1. The van der Waals surface area contributed by atoms with Gasteiger partial charge in [0, 0.05) is 25.2 Å². The predicted molar refractivity (Wildman–Crippen MR) is 77.6 cm³/mol. The maximum Gasteiger partial charge on any atom is 0.133 e. The Kier molecular flexibility index (Phi) is 3.77. The molecule has 1 heterocycles. The van der Waals surface area contributed by atoms with Crippen LogP contribution in [-0.2, 0) is 4.79 Å². The van der Waals surface area contributed by atoms with Gasteiger partial charge >= 0.3 is 0 Å². The summed E-state index contributed by atoms with van der Waals surface area (Å²) in [6, 6.07) is 12.0. The number of rotatable bonds is 3. The highest BCUT2D eigenvalue weighted by Crippen LogP contribution is 2.25. The minimum atomic E-state index is 0.178. The van der Waals surface area contributed by atoms with Crippen molar-refractivity contribution in [3.63, 3.8) is 0 Å². The lowest BCUT2D eigenvalue weighted by Crippen LogP contribution is -2.23. The van der Waals surface area contributed by atoms with E-state index in [1.54, 1.807) is 6.20 Å². The molecule has 0 unspecified atom stereocenters. The van der Waals surface area contributed by atoms with Gasteiger partial charge in [0.2, 0.25) is 0 Å². The molecule has 0 bridgehead atoms. The third-order valence-electron chi connectivity index (χ3n) is 3.64. The number of Topliss-reactive ketones (excluding diaryl/α,β-unsaturated/α-hetero) is 1. The molecule has 1 fully saturated rings. The van der Waals surface area contributed by atoms with E-state index in [2.05, 4.69) is 4.98 Å². The minimum Gasteiger partial charge on any atom is -0.490 e. The van der Waals surface area contributed by atoms with Crippen LogP contribution >= 0.6 is 0 Å². The van der Waals surface area contributed by atoms with Gasteiger partial charge in [0.1, 0.15) is 11.5 Å². The number of benzene rings is 1. The summed E-state index contributed by atoms with van der Waals surface area (Å²) in [5.74, 6) is 1.23. The number of aromatic nitrogens is 1. The van der Waals surface area contributed by atoms with E-state index in [1.807, 2.05) is 42.6 Å². The van der Waals surface area contributed by atoms with Crippen molar-refractivity contribution in [1.82, 2.24) is 4.98 Å². The van der Waals surface area contributed by atoms with Crippen molar-refractivity contribution in [2.75, 3.05) is 0 Å². The molecule has 0 saturated heterocycles. The predicted octanol–water partition coefficient (Wildman–Crippen LogP) is 3.64. The topological polar surface area (TPSA) is 39.2 Å². The molecule has 102 valence electrons. The molecule has 3 rings (SSSR count). The molecule has 1 aliphatic carbocycles. The van der Waals surface area contributed by atoms with Crippen LogP contribution in [0.4, 0.5) is 0 Å². The van der Waals surface area contributed by atoms with E-state index in [0.717, 1.165) is 29.7 Å². The fraction of sp³-hybridized carbons (Fsp3) is 0.294. The lowest BCUT2D eigenvalue weighted by Gasteiger charge is -2.22. The van der Waals surface area contributed by atoms with Gasteiger partial charge in [-0.2, -0.15) is 0 Å². The molecular weight excluding hydrogens is 250 g/mol. The third-order valence-corrected chi connectivity index (χ3v) is 3.64. The van der Waals surface area contributed by atoms with Gasteiger partial charge in [0.25, 0.3) is 0 Å². The van der Waals surface area contributed by atoms with Crippen molar-refractivity contribution in [3.8, 4) is 16.9 Å². The van der Waals surface area contributed by atoms with E-state index in [4.69, 9.17) is 4.74 Å². The van der Waals surface area contributed by atoms with Crippen molar-refractivity contribution in [2.24, 2.45) is 0 Å². The molecule has 0 N–H and O–H groups in total. The van der Waals surface area contributed by atoms with Crippen molar-refractivity contribution in [1.29, 1.82) is 0 Å². The first-order chi connectivity index (χ1) is 9.81. The Balaban J connectivity index is 1.66. The van der Waals surface area contributed by atoms with Gasteiger partial charge in [0.15, 0.2) is 0 Å². The summed E-state index contributed by atoms with van der Waals surface area (Å²) in [5.41, 5.74) is 2.23. The van der Waals surface area contributed by atoms with Crippen LogP contribution in [0.2, 0.25) is 0 Å². The highest BCUT2D eigenvalue weighted by Gasteiger charge is 2.19. The lowest BCUT2D eigenvalue weighted by atomic mass is 9.96. The highest BCUT2D eigenvalue weighted by molar-refractivity contribution is 5.79. The zero-order valence-electron chi connectivity index (χ0n) is 11.3. The normalized spacial score (nSPS) is 16.1. The molecule has 1 aliphatic rings. The van der Waals surface area contributed by atoms with E-state index >= 15 is 0 Å². The number of pyridine rings is 1. The minimum absolute atomic E-state index is 0.178. The van der Waals surface area contributed by atoms with Crippen LogP contribution in [-0.4, -0.2) is 16.9 Å². The zero-order chi connectivity index (χ0) is 13.8. The Labute approximate surface area is 118 Å². The maximum atomic E-state index is 11.2. The quantitative estimate of drug-likeness (QED) is 0.852. The molecule has 0 spiro atoms. The van der Waals surface area contributed by atoms with Crippen molar-refractivity contribution >= 4 is 5.78 Å². The van der Waals surface area contributed by atoms with Crippen molar-refractivity contribution < 1.29 is 9.53 Å². The molecular formula is C17H17NO2. The average Bonchev–Trinajstić information content (AvgIpc) is 2.51. The van der Waals surface area contributed by atoms with Gasteiger partial charge in [-0.05, 0) is 42.2 Å². The van der Waals surface area contributed by atoms with Gasteiger partial charge < -0.3 is 4.74 Å². The molecule has 20 heavy (non-hydrogen) atoms. The van der Waals surface area contributed by atoms with E-state index in [9.17, 15) is 4.79 Å². The van der Waals surface area contributed by atoms with Crippen molar-refractivity contribution in [2.45, 2.75) is 31.8 Å². The zero-order valence-corrected chi connectivity index (χ0v) is 11.3. The summed E-state index contributed by atoms with van der Waals surface area (Å²) in [4.78, 5) is 15.3. The molecule has 0 radical (unpaired) electrons. The summed E-state index contributed by atoms with van der Waals surface area (Å²) in [7, 11) is 0. The van der Waals surface area contributed by atoms with Gasteiger partial charge in [-0.25, -0.2) is 0 Å². The van der Waals surface area contributed by atoms with Crippen LogP contribution in [0.15, 0.2) is 48.8 Å². The van der Waals surface area contributed by atoms with E-state index in [0.29, 0.717) is 18.6 Å². The second-order valence-corrected chi connectivity index (χ2v) is 5.12. The number of hydrogen-bond donors (Lipinski definition) is 0. The second kappa shape index (κ2) is 5.87. The molecule has 2 aromatic rings. The summed E-state index contributed by atoms with van der Waals surface area (Å²) in [6.07, 6.45) is 6.77. The van der Waals surface area contributed by atoms with Gasteiger partial charge in [-0.3, -0.25) is 9.78 Å². The van der Waals surface area contributed by atoms with Crippen LogP contribution < -0.4 is 4.74 Å². The summed E-state index contributed by atoms with van der Waals surface area (Å²) < 4.78 is 5.93. The molecule has 1 aromatic heterocycles. The Morgan fingerprint density at radius 2 is 1.75 bits per heavy atom. The third kappa shape index (κ3) is 3.05. The molecule has 3 nitrogen and oxygen atoms in total. The SMILES string of the molecule is O=C1CCC(Oc2ccc(-c3cccnc3)cc2)CC1. The fourth-order valence-corrected chi connectivity index (χ4v) is 2.48. The van der Waals surface area contributed by atoms with Crippen LogP contribution in [0.1, 0.15) is 25.7 Å². The second-order valence-electron chi connectivity index (χ2n) is 5.12. The molecule has 0 aliphatic heterocycles. The summed E-state index contributed by atoms with van der Waals surface area (Å²) in [5, 5.41) is 0. The van der Waals surface area contributed by atoms with E-state index in [-0.39, 0.29) is 6.10 Å². The van der Waals surface area contributed by atoms with Crippen LogP contribution in [0.5, 0.6) is 5.75 Å². The monoisotopic (exact) mass is 267 g/mol. The Morgan fingerprint density at radius 1 is 1.00 bits per heavy atom. The molecule has 3 heteroatoms.